The van der Waals surface area contributed by atoms with Gasteiger partial charge in [0, 0.05) is 0 Å². The minimum Gasteiger partial charge on any atom is -0.445 e. The van der Waals surface area contributed by atoms with E-state index in [9.17, 15) is 9.36 Å². The van der Waals surface area contributed by atoms with Crippen molar-refractivity contribution < 1.29 is 18.6 Å². The first kappa shape index (κ1) is 22.4. The molecule has 2 atom stereocenters. The Hall–Kier alpha value is -3.82. The second-order valence-corrected chi connectivity index (χ2v) is 9.77. The monoisotopic (exact) mass is 457 g/mol. The van der Waals surface area contributed by atoms with Crippen molar-refractivity contribution in [2.24, 2.45) is 0 Å². The van der Waals surface area contributed by atoms with Gasteiger partial charge in [-0.3, -0.25) is 4.57 Å². The van der Waals surface area contributed by atoms with Crippen molar-refractivity contribution in [1.29, 1.82) is 0 Å². The summed E-state index contributed by atoms with van der Waals surface area (Å²) in [5.41, 5.74) is 1.51. The largest absolute Gasteiger partial charge is 0.445 e. The van der Waals surface area contributed by atoms with E-state index in [4.69, 9.17) is 9.26 Å². The molecule has 0 aliphatic carbocycles. The van der Waals surface area contributed by atoms with E-state index in [2.05, 4.69) is 5.32 Å². The Morgan fingerprint density at radius 2 is 1.24 bits per heavy atom. The van der Waals surface area contributed by atoms with Crippen LogP contribution in [-0.2, 0) is 15.9 Å². The van der Waals surface area contributed by atoms with Gasteiger partial charge in [0.25, 0.3) is 0 Å². The van der Waals surface area contributed by atoms with E-state index in [-0.39, 0.29) is 6.61 Å². The third kappa shape index (κ3) is 5.71. The summed E-state index contributed by atoms with van der Waals surface area (Å²) in [5.74, 6) is -0.505. The standard InChI is InChI=1S/C27H24NO4P/c29-27(31-21-22-13-5-1-6-14-22)28-26(23-15-7-2-8-16-23)33(30,25-19-11-4-12-20-25)32-24-17-9-3-10-18-24/h1-20,26H,21H2,(H,28,29). The molecule has 0 bridgehead atoms. The van der Waals surface area contributed by atoms with Gasteiger partial charge >= 0.3 is 13.5 Å². The second kappa shape index (κ2) is 10.7. The number of hydrogen-bond acceptors (Lipinski definition) is 4. The fourth-order valence-electron chi connectivity index (χ4n) is 3.40. The maximum atomic E-state index is 14.6. The van der Waals surface area contributed by atoms with Crippen LogP contribution in [0.15, 0.2) is 121 Å². The smallest absolute Gasteiger partial charge is 0.408 e. The van der Waals surface area contributed by atoms with Gasteiger partial charge in [-0.05, 0) is 35.4 Å². The van der Waals surface area contributed by atoms with Crippen LogP contribution in [0.25, 0.3) is 0 Å². The van der Waals surface area contributed by atoms with E-state index in [0.717, 1.165) is 5.56 Å². The second-order valence-electron chi connectivity index (χ2n) is 7.36. The Kier molecular flexibility index (Phi) is 7.23. The fraction of sp³-hybridized carbons (Fsp3) is 0.0741. The first-order valence-corrected chi connectivity index (χ1v) is 12.3. The molecule has 0 aromatic heterocycles. The molecule has 2 unspecified atom stereocenters. The minimum atomic E-state index is -3.69. The molecule has 0 spiro atoms. The van der Waals surface area contributed by atoms with Crippen molar-refractivity contribution in [2.45, 2.75) is 12.4 Å². The van der Waals surface area contributed by atoms with Gasteiger partial charge < -0.3 is 14.6 Å². The number of nitrogens with one attached hydrogen (secondary N) is 1. The molecule has 0 heterocycles. The molecule has 0 fully saturated rings. The molecule has 5 nitrogen and oxygen atoms in total. The normalized spacial score (nSPS) is 13.3. The topological polar surface area (TPSA) is 64.6 Å². The molecular formula is C27H24NO4P. The molecular weight excluding hydrogens is 433 g/mol. The SMILES string of the molecule is O=C(NC(c1ccccc1)P(=O)(Oc1ccccc1)c1ccccc1)OCc1ccccc1. The molecule has 0 radical (unpaired) electrons. The lowest BCUT2D eigenvalue weighted by Gasteiger charge is -2.29. The summed E-state index contributed by atoms with van der Waals surface area (Å²) in [6.45, 7) is 0.101. The summed E-state index contributed by atoms with van der Waals surface area (Å²) >= 11 is 0. The Bertz CT molecular complexity index is 1200. The van der Waals surface area contributed by atoms with Gasteiger partial charge in [-0.1, -0.05) is 97.1 Å². The Morgan fingerprint density at radius 1 is 0.727 bits per heavy atom. The molecule has 1 amide bonds. The van der Waals surface area contributed by atoms with Crippen molar-refractivity contribution in [1.82, 2.24) is 5.32 Å². The van der Waals surface area contributed by atoms with Crippen LogP contribution in [0.5, 0.6) is 5.75 Å². The molecule has 166 valence electrons. The highest BCUT2D eigenvalue weighted by atomic mass is 31.2. The number of carbonyl (C=O) groups is 1. The first-order valence-electron chi connectivity index (χ1n) is 10.6. The minimum absolute atomic E-state index is 0.101. The van der Waals surface area contributed by atoms with Gasteiger partial charge in [0.2, 0.25) is 0 Å². The zero-order valence-corrected chi connectivity index (χ0v) is 18.8. The van der Waals surface area contributed by atoms with E-state index >= 15 is 0 Å². The molecule has 33 heavy (non-hydrogen) atoms. The number of ether oxygens (including phenoxy) is 1. The maximum absolute atomic E-state index is 14.6. The van der Waals surface area contributed by atoms with Crippen LogP contribution in [0.3, 0.4) is 0 Å². The van der Waals surface area contributed by atoms with Gasteiger partial charge in [-0.25, -0.2) is 4.79 Å². The zero-order valence-electron chi connectivity index (χ0n) is 17.9. The number of alkyl carbamates (subject to hydrolysis) is 1. The zero-order chi connectivity index (χ0) is 22.9. The van der Waals surface area contributed by atoms with Gasteiger partial charge in [0.15, 0.2) is 0 Å². The highest BCUT2D eigenvalue weighted by Gasteiger charge is 2.40. The molecule has 0 aliphatic rings. The summed E-state index contributed by atoms with van der Waals surface area (Å²) in [5, 5.41) is 3.31. The molecule has 6 heteroatoms. The van der Waals surface area contributed by atoms with Crippen LogP contribution in [0.4, 0.5) is 4.79 Å². The van der Waals surface area contributed by atoms with Crippen LogP contribution in [0.2, 0.25) is 0 Å². The van der Waals surface area contributed by atoms with E-state index in [1.54, 1.807) is 36.4 Å². The third-order valence-electron chi connectivity index (χ3n) is 5.02. The number of amides is 1. The van der Waals surface area contributed by atoms with Crippen molar-refractivity contribution in [3.05, 3.63) is 132 Å². The number of para-hydroxylation sites is 1. The summed E-state index contributed by atoms with van der Waals surface area (Å²) in [4.78, 5) is 12.8. The van der Waals surface area contributed by atoms with Crippen LogP contribution >= 0.6 is 7.37 Å². The van der Waals surface area contributed by atoms with E-state index in [0.29, 0.717) is 16.6 Å². The molecule has 4 aromatic carbocycles. The van der Waals surface area contributed by atoms with Crippen molar-refractivity contribution >= 4 is 18.8 Å². The average molecular weight is 457 g/mol. The van der Waals surface area contributed by atoms with Crippen LogP contribution in [-0.4, -0.2) is 6.09 Å². The molecule has 4 aromatic rings. The lowest BCUT2D eigenvalue weighted by molar-refractivity contribution is 0.138. The third-order valence-corrected chi connectivity index (χ3v) is 7.63. The van der Waals surface area contributed by atoms with E-state index in [1.807, 2.05) is 84.9 Å². The van der Waals surface area contributed by atoms with Crippen LogP contribution in [0.1, 0.15) is 16.9 Å². The van der Waals surface area contributed by atoms with Gasteiger partial charge in [-0.15, -0.1) is 0 Å². The van der Waals surface area contributed by atoms with Crippen molar-refractivity contribution in [3.63, 3.8) is 0 Å². The fourth-order valence-corrected chi connectivity index (χ4v) is 5.78. The van der Waals surface area contributed by atoms with Crippen molar-refractivity contribution in [3.8, 4) is 5.75 Å². The van der Waals surface area contributed by atoms with Crippen LogP contribution < -0.4 is 15.1 Å². The lowest BCUT2D eigenvalue weighted by Crippen LogP contribution is -2.33. The van der Waals surface area contributed by atoms with Gasteiger partial charge in [0.05, 0.1) is 5.30 Å². The highest BCUT2D eigenvalue weighted by molar-refractivity contribution is 7.67. The first-order chi connectivity index (χ1) is 16.1. The van der Waals surface area contributed by atoms with Crippen molar-refractivity contribution in [2.75, 3.05) is 0 Å². The maximum Gasteiger partial charge on any atom is 0.408 e. The Morgan fingerprint density at radius 3 is 1.85 bits per heavy atom. The van der Waals surface area contributed by atoms with E-state index < -0.39 is 19.2 Å². The summed E-state index contributed by atoms with van der Waals surface area (Å²) in [6.07, 6.45) is -0.680. The predicted octanol–water partition coefficient (Wildman–Crippen LogP) is 6.29. The number of rotatable bonds is 8. The molecule has 0 aliphatic heterocycles. The Labute approximate surface area is 193 Å². The lowest BCUT2D eigenvalue weighted by atomic mass is 10.2. The molecule has 1 N–H and O–H groups in total. The number of benzene rings is 4. The van der Waals surface area contributed by atoms with E-state index in [1.165, 1.54) is 0 Å². The molecule has 0 saturated heterocycles. The Balaban J connectivity index is 1.68. The molecule has 0 saturated carbocycles. The van der Waals surface area contributed by atoms with Gasteiger partial charge in [-0.2, -0.15) is 0 Å². The summed E-state index contributed by atoms with van der Waals surface area (Å²) in [6, 6.07) is 36.4. The predicted molar refractivity (Wildman–Crippen MR) is 130 cm³/mol. The summed E-state index contributed by atoms with van der Waals surface area (Å²) < 4.78 is 26.2. The highest BCUT2D eigenvalue weighted by Crippen LogP contribution is 2.57. The quantitative estimate of drug-likeness (QED) is 0.316. The number of carbonyl (C=O) groups excluding carboxylic acids is 1. The molecule has 4 rings (SSSR count). The summed E-state index contributed by atoms with van der Waals surface area (Å²) in [7, 11) is -3.69. The average Bonchev–Trinajstić information content (AvgIpc) is 2.88. The number of hydrogen-bond donors (Lipinski definition) is 1. The van der Waals surface area contributed by atoms with Crippen LogP contribution in [0, 0.1) is 0 Å². The van der Waals surface area contributed by atoms with Gasteiger partial charge in [0.1, 0.15) is 18.1 Å².